The molecule has 2 unspecified atom stereocenters. The smallest absolute Gasteiger partial charge is 0.227 e. The van der Waals surface area contributed by atoms with Crippen molar-refractivity contribution in [3.05, 3.63) is 29.8 Å². The number of rotatable bonds is 2. The van der Waals surface area contributed by atoms with Crippen LogP contribution in [0.2, 0.25) is 0 Å². The largest absolute Gasteiger partial charge is 0.508 e. The van der Waals surface area contributed by atoms with E-state index in [1.807, 2.05) is 22.7 Å². The van der Waals surface area contributed by atoms with Gasteiger partial charge in [0.2, 0.25) is 5.91 Å². The lowest BCUT2D eigenvalue weighted by molar-refractivity contribution is -0.130. The molecular formula is C14H19NO2S. The van der Waals surface area contributed by atoms with Crippen LogP contribution in [0.15, 0.2) is 24.3 Å². The van der Waals surface area contributed by atoms with E-state index in [9.17, 15) is 9.90 Å². The number of benzene rings is 1. The second-order valence-corrected chi connectivity index (χ2v) is 6.74. The molecule has 1 fully saturated rings. The lowest BCUT2D eigenvalue weighted by Gasteiger charge is -2.34. The Kier molecular flexibility index (Phi) is 4.17. The van der Waals surface area contributed by atoms with Crippen molar-refractivity contribution in [1.82, 2.24) is 4.90 Å². The predicted octanol–water partition coefficient (Wildman–Crippen LogP) is 2.29. The molecule has 18 heavy (non-hydrogen) atoms. The van der Waals surface area contributed by atoms with Gasteiger partial charge in [0.1, 0.15) is 5.75 Å². The number of hydrogen-bond donors (Lipinski definition) is 1. The monoisotopic (exact) mass is 265 g/mol. The highest BCUT2D eigenvalue weighted by Crippen LogP contribution is 2.25. The molecular weight excluding hydrogens is 246 g/mol. The first-order chi connectivity index (χ1) is 8.56. The van der Waals surface area contributed by atoms with Crippen LogP contribution in [0.1, 0.15) is 19.4 Å². The van der Waals surface area contributed by atoms with Crippen molar-refractivity contribution < 1.29 is 9.90 Å². The van der Waals surface area contributed by atoms with E-state index in [2.05, 4.69) is 13.8 Å². The Bertz CT molecular complexity index is 426. The molecule has 2 atom stereocenters. The lowest BCUT2D eigenvalue weighted by atomic mass is 10.1. The molecule has 0 radical (unpaired) electrons. The van der Waals surface area contributed by atoms with E-state index < -0.39 is 0 Å². The fourth-order valence-electron chi connectivity index (χ4n) is 2.32. The van der Waals surface area contributed by atoms with Crippen LogP contribution in [0.4, 0.5) is 0 Å². The molecule has 0 aromatic heterocycles. The Balaban J connectivity index is 2.02. The van der Waals surface area contributed by atoms with Gasteiger partial charge in [0.05, 0.1) is 6.42 Å². The normalized spacial score (nSPS) is 24.0. The summed E-state index contributed by atoms with van der Waals surface area (Å²) in [6, 6.07) is 7.04. The predicted molar refractivity (Wildman–Crippen MR) is 74.9 cm³/mol. The minimum Gasteiger partial charge on any atom is -0.508 e. The Hall–Kier alpha value is -1.16. The van der Waals surface area contributed by atoms with E-state index in [0.29, 0.717) is 16.1 Å². The standard InChI is InChI=1S/C14H19NO2S/c1-10-8-15(9-11(2)18-10)14(17)7-12-5-3-4-6-13(12)16/h3-6,10-11,16H,7-9H2,1-2H3. The highest BCUT2D eigenvalue weighted by Gasteiger charge is 2.25. The molecule has 2 rings (SSSR count). The third kappa shape index (κ3) is 3.19. The van der Waals surface area contributed by atoms with Gasteiger partial charge in [0, 0.05) is 29.2 Å². The maximum atomic E-state index is 12.2. The van der Waals surface area contributed by atoms with Crippen molar-refractivity contribution >= 4 is 17.7 Å². The maximum absolute atomic E-state index is 12.2. The highest BCUT2D eigenvalue weighted by molar-refractivity contribution is 8.00. The third-order valence-electron chi connectivity index (χ3n) is 3.11. The van der Waals surface area contributed by atoms with Crippen LogP contribution in [-0.4, -0.2) is 39.5 Å². The summed E-state index contributed by atoms with van der Waals surface area (Å²) in [5.74, 6) is 0.314. The molecule has 4 heteroatoms. The SMILES string of the molecule is CC1CN(C(=O)Cc2ccccc2O)CC(C)S1. The molecule has 1 aliphatic heterocycles. The van der Waals surface area contributed by atoms with Gasteiger partial charge < -0.3 is 10.0 Å². The van der Waals surface area contributed by atoms with Crippen LogP contribution in [0.25, 0.3) is 0 Å². The summed E-state index contributed by atoms with van der Waals surface area (Å²) in [5.41, 5.74) is 0.709. The number of nitrogens with zero attached hydrogens (tertiary/aromatic N) is 1. The molecule has 1 amide bonds. The van der Waals surface area contributed by atoms with Crippen LogP contribution >= 0.6 is 11.8 Å². The summed E-state index contributed by atoms with van der Waals surface area (Å²) in [6.45, 7) is 5.92. The molecule has 98 valence electrons. The zero-order valence-corrected chi connectivity index (χ0v) is 11.6. The topological polar surface area (TPSA) is 40.5 Å². The van der Waals surface area contributed by atoms with E-state index >= 15 is 0 Å². The number of amides is 1. The van der Waals surface area contributed by atoms with Crippen LogP contribution in [-0.2, 0) is 11.2 Å². The minimum absolute atomic E-state index is 0.107. The van der Waals surface area contributed by atoms with Crippen molar-refractivity contribution in [2.75, 3.05) is 13.1 Å². The summed E-state index contributed by atoms with van der Waals surface area (Å²) in [7, 11) is 0. The second-order valence-electron chi connectivity index (χ2n) is 4.86. The number of hydrogen-bond acceptors (Lipinski definition) is 3. The van der Waals surface area contributed by atoms with E-state index in [-0.39, 0.29) is 18.1 Å². The van der Waals surface area contributed by atoms with E-state index in [1.54, 1.807) is 18.2 Å². The summed E-state index contributed by atoms with van der Waals surface area (Å²) in [4.78, 5) is 14.1. The van der Waals surface area contributed by atoms with Gasteiger partial charge in [-0.2, -0.15) is 11.8 Å². The first kappa shape index (κ1) is 13.3. The number of aromatic hydroxyl groups is 1. The lowest BCUT2D eigenvalue weighted by Crippen LogP contribution is -2.44. The Morgan fingerprint density at radius 1 is 1.33 bits per heavy atom. The molecule has 3 nitrogen and oxygen atoms in total. The number of para-hydroxylation sites is 1. The Morgan fingerprint density at radius 3 is 2.56 bits per heavy atom. The summed E-state index contributed by atoms with van der Waals surface area (Å²) in [6.07, 6.45) is 0.288. The van der Waals surface area contributed by atoms with Gasteiger partial charge >= 0.3 is 0 Å². The fourth-order valence-corrected chi connectivity index (χ4v) is 3.64. The van der Waals surface area contributed by atoms with Crippen molar-refractivity contribution in [3.63, 3.8) is 0 Å². The fraction of sp³-hybridized carbons (Fsp3) is 0.500. The molecule has 1 aromatic carbocycles. The molecule has 1 aliphatic rings. The van der Waals surface area contributed by atoms with Gasteiger partial charge in [0.25, 0.3) is 0 Å². The van der Waals surface area contributed by atoms with Crippen LogP contribution < -0.4 is 0 Å². The van der Waals surface area contributed by atoms with E-state index in [1.165, 1.54) is 0 Å². The average Bonchev–Trinajstić information content (AvgIpc) is 2.31. The van der Waals surface area contributed by atoms with Crippen LogP contribution in [0, 0.1) is 0 Å². The number of carbonyl (C=O) groups is 1. The summed E-state index contributed by atoms with van der Waals surface area (Å²) >= 11 is 1.93. The van der Waals surface area contributed by atoms with Crippen molar-refractivity contribution in [2.45, 2.75) is 30.8 Å². The Morgan fingerprint density at radius 2 is 1.94 bits per heavy atom. The van der Waals surface area contributed by atoms with Crippen molar-refractivity contribution in [2.24, 2.45) is 0 Å². The molecule has 0 bridgehead atoms. The summed E-state index contributed by atoms with van der Waals surface area (Å²) in [5, 5.41) is 10.7. The van der Waals surface area contributed by atoms with Gasteiger partial charge in [-0.3, -0.25) is 4.79 Å². The quantitative estimate of drug-likeness (QED) is 0.892. The van der Waals surface area contributed by atoms with Gasteiger partial charge in [0.15, 0.2) is 0 Å². The molecule has 0 spiro atoms. The van der Waals surface area contributed by atoms with Gasteiger partial charge in [-0.05, 0) is 6.07 Å². The average molecular weight is 265 g/mol. The molecule has 1 aromatic rings. The van der Waals surface area contributed by atoms with Gasteiger partial charge in [-0.1, -0.05) is 32.0 Å². The zero-order chi connectivity index (χ0) is 13.1. The first-order valence-electron chi connectivity index (χ1n) is 6.26. The maximum Gasteiger partial charge on any atom is 0.227 e. The minimum atomic E-state index is 0.107. The number of phenols is 1. The molecule has 0 aliphatic carbocycles. The summed E-state index contributed by atoms with van der Waals surface area (Å²) < 4.78 is 0. The molecule has 1 heterocycles. The van der Waals surface area contributed by atoms with Crippen molar-refractivity contribution in [1.29, 1.82) is 0 Å². The Labute approximate surface area is 112 Å². The third-order valence-corrected chi connectivity index (χ3v) is 4.33. The van der Waals surface area contributed by atoms with E-state index in [4.69, 9.17) is 0 Å². The number of thioether (sulfide) groups is 1. The first-order valence-corrected chi connectivity index (χ1v) is 7.20. The van der Waals surface area contributed by atoms with Crippen LogP contribution in [0.5, 0.6) is 5.75 Å². The highest BCUT2D eigenvalue weighted by atomic mass is 32.2. The van der Waals surface area contributed by atoms with Crippen LogP contribution in [0.3, 0.4) is 0 Å². The molecule has 0 saturated carbocycles. The second kappa shape index (κ2) is 5.65. The zero-order valence-electron chi connectivity index (χ0n) is 10.8. The molecule has 1 N–H and O–H groups in total. The van der Waals surface area contributed by atoms with Gasteiger partial charge in [-0.25, -0.2) is 0 Å². The molecule has 1 saturated heterocycles. The number of phenolic OH excluding ortho intramolecular Hbond substituents is 1. The van der Waals surface area contributed by atoms with Gasteiger partial charge in [-0.15, -0.1) is 0 Å². The van der Waals surface area contributed by atoms with E-state index in [0.717, 1.165) is 13.1 Å². The van der Waals surface area contributed by atoms with Crippen molar-refractivity contribution in [3.8, 4) is 5.75 Å². The number of carbonyl (C=O) groups excluding carboxylic acids is 1.